The van der Waals surface area contributed by atoms with Crippen molar-refractivity contribution >= 4 is 5.71 Å². The standard InChI is InChI=1S/C14H10N2O/c15-16-14-11-6-2-1-5-10(11)13-9(8-17)4-3-7-12(13)14/h1-7,17H,8H2. The van der Waals surface area contributed by atoms with Gasteiger partial charge in [-0.3, -0.25) is 0 Å². The number of nitrogens with zero attached hydrogens (tertiary/aromatic N) is 2. The van der Waals surface area contributed by atoms with Crippen molar-refractivity contribution in [2.24, 2.45) is 0 Å². The molecule has 3 nitrogen and oxygen atoms in total. The quantitative estimate of drug-likeness (QED) is 0.498. The molecule has 0 amide bonds. The fraction of sp³-hybridized carbons (Fsp3) is 0.0714. The van der Waals surface area contributed by atoms with Crippen LogP contribution in [0, 0.1) is 0 Å². The summed E-state index contributed by atoms with van der Waals surface area (Å²) in [6.07, 6.45) is 0. The molecule has 0 fully saturated rings. The van der Waals surface area contributed by atoms with Crippen LogP contribution in [0.4, 0.5) is 0 Å². The van der Waals surface area contributed by atoms with E-state index in [2.05, 4.69) is 4.79 Å². The first-order valence-corrected chi connectivity index (χ1v) is 5.41. The average molecular weight is 222 g/mol. The lowest BCUT2D eigenvalue weighted by molar-refractivity contribution is -0.00243. The molecular weight excluding hydrogens is 212 g/mol. The number of hydrogen-bond donors (Lipinski definition) is 1. The molecule has 3 rings (SSSR count). The van der Waals surface area contributed by atoms with Gasteiger partial charge in [-0.05, 0) is 23.3 Å². The van der Waals surface area contributed by atoms with Crippen molar-refractivity contribution in [3.63, 3.8) is 0 Å². The van der Waals surface area contributed by atoms with Crippen LogP contribution in [0.3, 0.4) is 0 Å². The van der Waals surface area contributed by atoms with Gasteiger partial charge in [0.15, 0.2) is 0 Å². The molecule has 0 heterocycles. The summed E-state index contributed by atoms with van der Waals surface area (Å²) in [6.45, 7) is -0.0176. The molecule has 2 aromatic carbocycles. The molecule has 0 aromatic heterocycles. The highest BCUT2D eigenvalue weighted by Gasteiger charge is 2.32. The summed E-state index contributed by atoms with van der Waals surface area (Å²) >= 11 is 0. The summed E-state index contributed by atoms with van der Waals surface area (Å²) in [6, 6.07) is 13.4. The molecule has 0 atom stereocenters. The van der Waals surface area contributed by atoms with Gasteiger partial charge in [-0.25, -0.2) is 0 Å². The van der Waals surface area contributed by atoms with Crippen molar-refractivity contribution in [3.8, 4) is 11.1 Å². The second kappa shape index (κ2) is 3.67. The van der Waals surface area contributed by atoms with E-state index in [1.807, 2.05) is 42.5 Å². The highest BCUT2D eigenvalue weighted by Crippen LogP contribution is 2.38. The molecule has 1 aliphatic carbocycles. The zero-order valence-electron chi connectivity index (χ0n) is 9.09. The van der Waals surface area contributed by atoms with Crippen molar-refractivity contribution in [1.82, 2.24) is 0 Å². The zero-order chi connectivity index (χ0) is 11.8. The summed E-state index contributed by atoms with van der Waals surface area (Å²) in [7, 11) is 0. The molecule has 0 saturated heterocycles. The number of aliphatic hydroxyl groups excluding tert-OH is 1. The monoisotopic (exact) mass is 222 g/mol. The van der Waals surface area contributed by atoms with E-state index in [9.17, 15) is 5.11 Å². The largest absolute Gasteiger partial charge is 0.392 e. The van der Waals surface area contributed by atoms with Crippen LogP contribution in [0.15, 0.2) is 42.5 Å². The first-order valence-electron chi connectivity index (χ1n) is 5.41. The van der Waals surface area contributed by atoms with E-state index < -0.39 is 0 Å². The van der Waals surface area contributed by atoms with E-state index in [0.717, 1.165) is 27.8 Å². The van der Waals surface area contributed by atoms with Crippen LogP contribution >= 0.6 is 0 Å². The Morgan fingerprint density at radius 2 is 1.65 bits per heavy atom. The van der Waals surface area contributed by atoms with Crippen molar-refractivity contribution < 1.29 is 9.90 Å². The molecule has 82 valence electrons. The lowest BCUT2D eigenvalue weighted by Crippen LogP contribution is -1.99. The van der Waals surface area contributed by atoms with Gasteiger partial charge in [-0.15, -0.1) is 0 Å². The maximum absolute atomic E-state index is 9.38. The maximum atomic E-state index is 9.38. The van der Waals surface area contributed by atoms with E-state index in [4.69, 9.17) is 5.53 Å². The Labute approximate surface area is 98.6 Å². The van der Waals surface area contributed by atoms with Crippen molar-refractivity contribution in [3.05, 3.63) is 64.7 Å². The Kier molecular flexibility index (Phi) is 2.15. The molecule has 0 aliphatic heterocycles. The minimum atomic E-state index is -0.0176. The summed E-state index contributed by atoms with van der Waals surface area (Å²) in [5.41, 5.74) is 14.3. The normalized spacial score (nSPS) is 11.9. The van der Waals surface area contributed by atoms with Gasteiger partial charge in [0.05, 0.1) is 17.7 Å². The highest BCUT2D eigenvalue weighted by atomic mass is 16.3. The number of hydrogen-bond acceptors (Lipinski definition) is 1. The minimum absolute atomic E-state index is 0.0176. The van der Waals surface area contributed by atoms with Crippen molar-refractivity contribution in [2.45, 2.75) is 6.61 Å². The van der Waals surface area contributed by atoms with Crippen LogP contribution in [0.2, 0.25) is 0 Å². The lowest BCUT2D eigenvalue weighted by Gasteiger charge is -2.04. The second-order valence-electron chi connectivity index (χ2n) is 3.99. The Morgan fingerprint density at radius 1 is 0.941 bits per heavy atom. The summed E-state index contributed by atoms with van der Waals surface area (Å²) < 4.78 is 0. The fourth-order valence-corrected chi connectivity index (χ4v) is 2.41. The van der Waals surface area contributed by atoms with Gasteiger partial charge < -0.3 is 10.6 Å². The molecule has 0 saturated carbocycles. The van der Waals surface area contributed by atoms with Gasteiger partial charge in [0.1, 0.15) is 0 Å². The van der Waals surface area contributed by atoms with E-state index in [1.54, 1.807) is 0 Å². The summed E-state index contributed by atoms with van der Waals surface area (Å²) in [4.78, 5) is 3.38. The van der Waals surface area contributed by atoms with Crippen molar-refractivity contribution in [1.29, 1.82) is 0 Å². The first-order chi connectivity index (χ1) is 8.36. The van der Waals surface area contributed by atoms with Crippen LogP contribution < -0.4 is 0 Å². The van der Waals surface area contributed by atoms with E-state index >= 15 is 0 Å². The average Bonchev–Trinajstić information content (AvgIpc) is 2.72. The molecule has 0 bridgehead atoms. The third-order valence-corrected chi connectivity index (χ3v) is 3.13. The molecule has 17 heavy (non-hydrogen) atoms. The number of rotatable bonds is 1. The van der Waals surface area contributed by atoms with Gasteiger partial charge in [0, 0.05) is 5.56 Å². The van der Waals surface area contributed by atoms with Gasteiger partial charge in [0.2, 0.25) is 0 Å². The maximum Gasteiger partial charge on any atom is 0.330 e. The topological polar surface area (TPSA) is 56.6 Å². The van der Waals surface area contributed by atoms with Crippen LogP contribution in [0.25, 0.3) is 16.7 Å². The lowest BCUT2D eigenvalue weighted by atomic mass is 10.00. The van der Waals surface area contributed by atoms with Crippen molar-refractivity contribution in [2.75, 3.05) is 0 Å². The Bertz CT molecular complexity index is 655. The third-order valence-electron chi connectivity index (χ3n) is 3.13. The molecule has 1 N–H and O–H groups in total. The minimum Gasteiger partial charge on any atom is -0.392 e. The number of benzene rings is 2. The summed E-state index contributed by atoms with van der Waals surface area (Å²) in [5.74, 6) is 0. The third kappa shape index (κ3) is 1.27. The Hall–Kier alpha value is -2.22. The zero-order valence-corrected chi connectivity index (χ0v) is 9.09. The molecular formula is C14H10N2O. The second-order valence-corrected chi connectivity index (χ2v) is 3.99. The van der Waals surface area contributed by atoms with Gasteiger partial charge in [-0.1, -0.05) is 30.3 Å². The molecule has 3 heteroatoms. The predicted molar refractivity (Wildman–Crippen MR) is 64.6 cm³/mol. The molecule has 0 unspecified atom stereocenters. The van der Waals surface area contributed by atoms with Gasteiger partial charge in [-0.2, -0.15) is 4.79 Å². The molecule has 2 aromatic rings. The molecule has 1 aliphatic rings. The molecule has 0 radical (unpaired) electrons. The Morgan fingerprint density at radius 3 is 2.35 bits per heavy atom. The smallest absolute Gasteiger partial charge is 0.330 e. The van der Waals surface area contributed by atoms with Crippen LogP contribution in [0.1, 0.15) is 16.7 Å². The van der Waals surface area contributed by atoms with E-state index in [-0.39, 0.29) is 6.61 Å². The van der Waals surface area contributed by atoms with Crippen LogP contribution in [-0.4, -0.2) is 15.6 Å². The van der Waals surface area contributed by atoms with Gasteiger partial charge >= 0.3 is 5.71 Å². The predicted octanol–water partition coefficient (Wildman–Crippen LogP) is 2.23. The molecule has 0 spiro atoms. The highest BCUT2D eigenvalue weighted by molar-refractivity contribution is 6.22. The first kappa shape index (κ1) is 9.97. The SMILES string of the molecule is [N-]=[N+]=C1c2ccccc2-c2c(CO)cccc21. The van der Waals surface area contributed by atoms with Crippen LogP contribution in [0.5, 0.6) is 0 Å². The van der Waals surface area contributed by atoms with Gasteiger partial charge in [0.25, 0.3) is 0 Å². The number of fused-ring (bicyclic) bond motifs is 3. The van der Waals surface area contributed by atoms with Crippen LogP contribution in [-0.2, 0) is 6.61 Å². The Balaban J connectivity index is 2.45. The van der Waals surface area contributed by atoms with E-state index in [0.29, 0.717) is 5.71 Å². The van der Waals surface area contributed by atoms with E-state index in [1.165, 1.54) is 0 Å². The number of aliphatic hydroxyl groups is 1. The fourth-order valence-electron chi connectivity index (χ4n) is 2.41. The summed E-state index contributed by atoms with van der Waals surface area (Å²) in [5, 5.41) is 9.38.